The van der Waals surface area contributed by atoms with E-state index in [1.54, 1.807) is 0 Å². The van der Waals surface area contributed by atoms with Gasteiger partial charge in [-0.3, -0.25) is 9.79 Å². The zero-order valence-electron chi connectivity index (χ0n) is 18.0. The Hall–Kier alpha value is -2.07. The Morgan fingerprint density at radius 1 is 1.10 bits per heavy atom. The van der Waals surface area contributed by atoms with Gasteiger partial charge in [0.2, 0.25) is 0 Å². The lowest BCUT2D eigenvalue weighted by molar-refractivity contribution is -0.870. The summed E-state index contributed by atoms with van der Waals surface area (Å²) in [6.45, 7) is 0.416. The number of carbonyl (C=O) groups is 2. The van der Waals surface area contributed by atoms with Gasteiger partial charge in [0, 0.05) is 13.1 Å². The summed E-state index contributed by atoms with van der Waals surface area (Å²) in [5, 5.41) is 49.9. The molecule has 0 rings (SSSR count). The highest BCUT2D eigenvalue weighted by Crippen LogP contribution is 1.94. The van der Waals surface area contributed by atoms with Crippen LogP contribution in [-0.4, -0.2) is 121 Å². The van der Waals surface area contributed by atoms with Gasteiger partial charge >= 0.3 is 5.97 Å². The fourth-order valence-electron chi connectivity index (χ4n) is 1.00. The van der Waals surface area contributed by atoms with Gasteiger partial charge in [0.05, 0.1) is 46.9 Å². The minimum atomic E-state index is -1.22. The van der Waals surface area contributed by atoms with Crippen molar-refractivity contribution in [2.75, 3.05) is 60.6 Å². The van der Waals surface area contributed by atoms with Crippen LogP contribution in [0.25, 0.3) is 0 Å². The molecule has 30 heavy (non-hydrogen) atoms. The van der Waals surface area contributed by atoms with E-state index in [1.807, 2.05) is 0 Å². The Kier molecular flexibility index (Phi) is 27.4. The number of carbonyl (C=O) groups excluding carboxylic acids is 1. The number of quaternary nitrogens is 1. The van der Waals surface area contributed by atoms with E-state index in [1.165, 1.54) is 0 Å². The molecular weight excluding hydrogens is 404 g/mol. The maximum Gasteiger partial charge on any atom is 0.320 e. The summed E-state index contributed by atoms with van der Waals surface area (Å²) in [4.78, 5) is 23.0. The van der Waals surface area contributed by atoms with Crippen molar-refractivity contribution >= 4 is 17.9 Å². The second-order valence-electron chi connectivity index (χ2n) is 6.73. The average Bonchev–Trinajstić information content (AvgIpc) is 2.64. The minimum absolute atomic E-state index is 0.0129. The van der Waals surface area contributed by atoms with Gasteiger partial charge in [0.1, 0.15) is 18.7 Å². The van der Waals surface area contributed by atoms with Crippen LogP contribution in [0.3, 0.4) is 0 Å². The largest absolute Gasteiger partial charge is 0.549 e. The summed E-state index contributed by atoms with van der Waals surface area (Å²) >= 11 is 0. The molecule has 0 saturated carbocycles. The van der Waals surface area contributed by atoms with Gasteiger partial charge in [0.25, 0.3) is 0 Å². The standard InChI is InChI=1S/C6H14N4O2.C5H14NO.C3H8O3.C2H5NO2/c7-4(5(11)12)2-1-3-10-6(8)9;1-6(2,3)4-5-7;4-1-3(6)2-5;3-1-2(4)5/h4H,1-3,7H2,(H,11,12)(H4,8,9,10);7H,4-5H2,1-3H3;3-6H,1-2H2;1,3H2,(H,4,5)/q;+1;;/p-1/t4-;;;/m0.../s1. The fourth-order valence-corrected chi connectivity index (χ4v) is 1.00. The van der Waals surface area contributed by atoms with Crippen LogP contribution in [0.15, 0.2) is 4.99 Å². The molecule has 0 aliphatic heterocycles. The molecule has 0 bridgehead atoms. The molecule has 0 amide bonds. The first-order chi connectivity index (χ1) is 13.7. The molecule has 0 aromatic heterocycles. The molecule has 0 aliphatic carbocycles. The molecule has 0 radical (unpaired) electrons. The predicted molar refractivity (Wildman–Crippen MR) is 110 cm³/mol. The lowest BCUT2D eigenvalue weighted by atomic mass is 10.2. The number of hydrogen-bond acceptors (Lipinski definition) is 10. The molecule has 0 spiro atoms. The molecule has 0 fully saturated rings. The van der Waals surface area contributed by atoms with E-state index in [0.717, 1.165) is 11.0 Å². The number of aliphatic carboxylic acids is 2. The van der Waals surface area contributed by atoms with E-state index >= 15 is 0 Å². The van der Waals surface area contributed by atoms with Crippen LogP contribution in [0.4, 0.5) is 0 Å². The molecular formula is C16H40N6O8. The first-order valence-corrected chi connectivity index (χ1v) is 8.93. The number of nitrogens with two attached hydrogens (primary N) is 4. The van der Waals surface area contributed by atoms with Crippen molar-refractivity contribution in [2.24, 2.45) is 27.9 Å². The summed E-state index contributed by atoms with van der Waals surface area (Å²) in [5.41, 5.74) is 19.8. The van der Waals surface area contributed by atoms with Crippen molar-refractivity contribution in [3.63, 3.8) is 0 Å². The predicted octanol–water partition coefficient (Wildman–Crippen LogP) is -5.84. The van der Waals surface area contributed by atoms with Gasteiger partial charge in [-0.15, -0.1) is 0 Å². The third kappa shape index (κ3) is 45.0. The quantitative estimate of drug-likeness (QED) is 0.0659. The third-order valence-electron chi connectivity index (χ3n) is 2.64. The van der Waals surface area contributed by atoms with E-state index in [4.69, 9.17) is 52.6 Å². The fraction of sp³-hybridized carbons (Fsp3) is 0.812. The Morgan fingerprint density at radius 3 is 1.70 bits per heavy atom. The molecule has 182 valence electrons. The number of hydrogen-bond donors (Lipinski definition) is 9. The molecule has 14 nitrogen and oxygen atoms in total. The monoisotopic (exact) mass is 444 g/mol. The third-order valence-corrected chi connectivity index (χ3v) is 2.64. The summed E-state index contributed by atoms with van der Waals surface area (Å²) in [5.74, 6) is -2.21. The molecule has 0 heterocycles. The van der Waals surface area contributed by atoms with Gasteiger partial charge in [-0.25, -0.2) is 0 Å². The van der Waals surface area contributed by atoms with E-state index in [0.29, 0.717) is 19.4 Å². The van der Waals surface area contributed by atoms with Crippen LogP contribution < -0.4 is 28.0 Å². The van der Waals surface area contributed by atoms with Crippen LogP contribution in [0.1, 0.15) is 12.8 Å². The minimum Gasteiger partial charge on any atom is -0.549 e. The molecule has 13 N–H and O–H groups in total. The number of likely N-dealkylation sites (N-methyl/N-ethyl adjacent to an activating group) is 1. The van der Waals surface area contributed by atoms with Crippen LogP contribution in [0, 0.1) is 0 Å². The molecule has 14 heteroatoms. The highest BCUT2D eigenvalue weighted by Gasteiger charge is 2.09. The Morgan fingerprint density at radius 2 is 1.53 bits per heavy atom. The van der Waals surface area contributed by atoms with E-state index < -0.39 is 24.1 Å². The molecule has 0 aromatic rings. The SMILES string of the molecule is C[N+](C)(C)CCO.NC(N)=NCCC[C@H](N)C(=O)O.NCC(=O)[O-].OCC(O)CO. The van der Waals surface area contributed by atoms with E-state index in [9.17, 15) is 4.79 Å². The Bertz CT molecular complexity index is 438. The normalized spacial score (nSPS) is 10.9. The van der Waals surface area contributed by atoms with Crippen molar-refractivity contribution in [2.45, 2.75) is 25.0 Å². The number of nitrogens with zero attached hydrogens (tertiary/aromatic N) is 2. The van der Waals surface area contributed by atoms with Gasteiger partial charge < -0.3 is 62.9 Å². The maximum atomic E-state index is 10.2. The Balaban J connectivity index is -0.000000161. The summed E-state index contributed by atoms with van der Waals surface area (Å²) < 4.78 is 0.844. The van der Waals surface area contributed by atoms with E-state index in [2.05, 4.69) is 31.9 Å². The van der Waals surface area contributed by atoms with E-state index in [-0.39, 0.29) is 32.3 Å². The first kappa shape index (κ1) is 35.4. The zero-order chi connectivity index (χ0) is 24.8. The number of aliphatic hydroxyl groups is 4. The van der Waals surface area contributed by atoms with Crippen molar-refractivity contribution in [1.82, 2.24) is 0 Å². The molecule has 1 atom stereocenters. The van der Waals surface area contributed by atoms with Gasteiger partial charge in [0.15, 0.2) is 5.96 Å². The van der Waals surface area contributed by atoms with Gasteiger partial charge in [-0.05, 0) is 12.8 Å². The van der Waals surface area contributed by atoms with Crippen molar-refractivity contribution in [3.05, 3.63) is 0 Å². The number of aliphatic imine (C=N–C) groups is 1. The molecule has 0 unspecified atom stereocenters. The van der Waals surface area contributed by atoms with Crippen molar-refractivity contribution < 1.29 is 44.7 Å². The van der Waals surface area contributed by atoms with Crippen LogP contribution in [-0.2, 0) is 9.59 Å². The maximum absolute atomic E-state index is 10.2. The van der Waals surface area contributed by atoms with Crippen molar-refractivity contribution in [3.8, 4) is 0 Å². The zero-order valence-corrected chi connectivity index (χ0v) is 18.0. The Labute approximate surface area is 177 Å². The average molecular weight is 445 g/mol. The topological polar surface area (TPSA) is 275 Å². The van der Waals surface area contributed by atoms with Crippen molar-refractivity contribution in [1.29, 1.82) is 0 Å². The molecule has 0 aliphatic rings. The summed E-state index contributed by atoms with van der Waals surface area (Å²) in [6, 6.07) is -0.820. The lowest BCUT2D eigenvalue weighted by Crippen LogP contribution is -2.36. The van der Waals surface area contributed by atoms with Gasteiger partial charge in [-0.2, -0.15) is 0 Å². The lowest BCUT2D eigenvalue weighted by Gasteiger charge is -2.21. The molecule has 0 aromatic carbocycles. The second-order valence-corrected chi connectivity index (χ2v) is 6.73. The molecule has 0 saturated heterocycles. The number of guanidine groups is 1. The summed E-state index contributed by atoms with van der Waals surface area (Å²) in [6.07, 6.45) is 0.00213. The number of carboxylic acid groups (broad SMARTS) is 2. The van der Waals surface area contributed by atoms with Gasteiger partial charge in [-0.1, -0.05) is 0 Å². The smallest absolute Gasteiger partial charge is 0.320 e. The van der Waals surface area contributed by atoms with Crippen LogP contribution >= 0.6 is 0 Å². The first-order valence-electron chi connectivity index (χ1n) is 8.93. The number of carboxylic acids is 2. The number of aliphatic hydroxyl groups excluding tert-OH is 4. The highest BCUT2D eigenvalue weighted by atomic mass is 16.4. The summed E-state index contributed by atoms with van der Waals surface area (Å²) in [7, 11) is 6.16. The second kappa shape index (κ2) is 23.2. The van der Waals surface area contributed by atoms with Crippen LogP contribution in [0.5, 0.6) is 0 Å². The van der Waals surface area contributed by atoms with Crippen LogP contribution in [0.2, 0.25) is 0 Å². The highest BCUT2D eigenvalue weighted by molar-refractivity contribution is 5.75. The number of rotatable bonds is 10.